The van der Waals surface area contributed by atoms with Crippen LogP contribution in [0.15, 0.2) is 34.8 Å². The zero-order chi connectivity index (χ0) is 17.9. The first kappa shape index (κ1) is 16.5. The van der Waals surface area contributed by atoms with Crippen molar-refractivity contribution in [3.63, 3.8) is 0 Å². The normalized spacial score (nSPS) is 32.4. The number of carbonyl (C=O) groups is 3. The molecule has 130 valence electrons. The molecule has 3 aliphatic heterocycles. The lowest BCUT2D eigenvalue weighted by molar-refractivity contribution is -0.150. The van der Waals surface area contributed by atoms with E-state index >= 15 is 0 Å². The van der Waals surface area contributed by atoms with Gasteiger partial charge in [0.05, 0.1) is 23.6 Å². The second-order valence-electron chi connectivity index (χ2n) is 6.63. The second-order valence-corrected chi connectivity index (χ2v) is 7.48. The van der Waals surface area contributed by atoms with Crippen molar-refractivity contribution in [2.45, 2.75) is 25.6 Å². The topological polar surface area (TPSA) is 72.9 Å². The van der Waals surface area contributed by atoms with Gasteiger partial charge in [0.25, 0.3) is 0 Å². The van der Waals surface area contributed by atoms with E-state index in [2.05, 4.69) is 15.9 Å². The molecule has 3 heterocycles. The molecule has 0 aliphatic carbocycles. The monoisotopic (exact) mass is 405 g/mol. The van der Waals surface area contributed by atoms with Gasteiger partial charge in [-0.25, -0.2) is 4.90 Å². The van der Waals surface area contributed by atoms with Gasteiger partial charge in [0.15, 0.2) is 0 Å². The lowest BCUT2D eigenvalue weighted by Crippen LogP contribution is -2.44. The van der Waals surface area contributed by atoms with Crippen LogP contribution < -0.4 is 4.90 Å². The van der Waals surface area contributed by atoms with Crippen LogP contribution in [0.2, 0.25) is 0 Å². The molecule has 1 aromatic carbocycles. The summed E-state index contributed by atoms with van der Waals surface area (Å²) >= 11 is 3.42. The second kappa shape index (κ2) is 5.51. The van der Waals surface area contributed by atoms with E-state index in [9.17, 15) is 14.4 Å². The predicted octanol–water partition coefficient (Wildman–Crippen LogP) is 2.13. The minimum absolute atomic E-state index is 0.0667. The third-order valence-corrected chi connectivity index (χ3v) is 5.95. The first-order valence-corrected chi connectivity index (χ1v) is 8.78. The molecule has 1 aromatic rings. The van der Waals surface area contributed by atoms with Crippen LogP contribution in [0.25, 0.3) is 0 Å². The van der Waals surface area contributed by atoms with Gasteiger partial charge in [0.1, 0.15) is 12.2 Å². The maximum Gasteiger partial charge on any atom is 0.302 e. The maximum absolute atomic E-state index is 13.1. The van der Waals surface area contributed by atoms with E-state index in [-0.39, 0.29) is 18.4 Å². The minimum atomic E-state index is -1.05. The summed E-state index contributed by atoms with van der Waals surface area (Å²) in [6.07, 6.45) is 3.08. The van der Waals surface area contributed by atoms with E-state index in [1.165, 1.54) is 11.8 Å². The smallest absolute Gasteiger partial charge is 0.302 e. The number of imide groups is 1. The minimum Gasteiger partial charge on any atom is -0.462 e. The highest BCUT2D eigenvalue weighted by Gasteiger charge is 2.68. The average Bonchev–Trinajstić information content (AvgIpc) is 3.20. The Labute approximate surface area is 152 Å². The number of nitrogens with zero attached hydrogens (tertiary/aromatic N) is 1. The fraction of sp³-hybridized carbons (Fsp3) is 0.389. The van der Waals surface area contributed by atoms with Crippen molar-refractivity contribution in [2.24, 2.45) is 11.8 Å². The zero-order valence-electron chi connectivity index (χ0n) is 13.7. The van der Waals surface area contributed by atoms with E-state index in [1.54, 1.807) is 24.3 Å². The molecule has 7 heteroatoms. The lowest BCUT2D eigenvalue weighted by atomic mass is 9.77. The standard InChI is InChI=1S/C18H16BrNO5/c1-9-7-11(3-4-12(9)19)20-16(22)14-13-5-6-18(25-13,8-24-10(2)21)15(14)17(20)23/h3-7,13-15H,8H2,1-2H3/t13-,14-,15+,18-/m1/s1. The third kappa shape index (κ3) is 2.29. The van der Waals surface area contributed by atoms with Gasteiger partial charge in [-0.15, -0.1) is 0 Å². The van der Waals surface area contributed by atoms with Crippen molar-refractivity contribution in [3.8, 4) is 0 Å². The number of aryl methyl sites for hydroxylation is 1. The molecule has 4 rings (SSSR count). The first-order valence-electron chi connectivity index (χ1n) is 7.98. The van der Waals surface area contributed by atoms with Gasteiger partial charge in [0, 0.05) is 11.4 Å². The number of benzene rings is 1. The maximum atomic E-state index is 13.1. The number of hydrogen-bond acceptors (Lipinski definition) is 5. The Bertz CT molecular complexity index is 835. The Hall–Kier alpha value is -1.99. The Kier molecular flexibility index (Phi) is 3.63. The van der Waals surface area contributed by atoms with Crippen molar-refractivity contribution >= 4 is 39.4 Å². The largest absolute Gasteiger partial charge is 0.462 e. The van der Waals surface area contributed by atoms with Gasteiger partial charge in [-0.3, -0.25) is 14.4 Å². The van der Waals surface area contributed by atoms with Gasteiger partial charge in [0.2, 0.25) is 11.8 Å². The van der Waals surface area contributed by atoms with E-state index in [0.29, 0.717) is 5.69 Å². The Morgan fingerprint density at radius 1 is 1.36 bits per heavy atom. The summed E-state index contributed by atoms with van der Waals surface area (Å²) < 4.78 is 11.9. The highest BCUT2D eigenvalue weighted by molar-refractivity contribution is 9.10. The molecule has 4 atom stereocenters. The molecule has 2 fully saturated rings. The van der Waals surface area contributed by atoms with Crippen LogP contribution in [0.3, 0.4) is 0 Å². The van der Waals surface area contributed by atoms with Gasteiger partial charge >= 0.3 is 5.97 Å². The Morgan fingerprint density at radius 3 is 2.80 bits per heavy atom. The number of rotatable bonds is 3. The molecule has 25 heavy (non-hydrogen) atoms. The van der Waals surface area contributed by atoms with Gasteiger partial charge in [-0.05, 0) is 36.8 Å². The summed E-state index contributed by atoms with van der Waals surface area (Å²) in [5.41, 5.74) is 0.432. The van der Waals surface area contributed by atoms with Crippen LogP contribution in [-0.4, -0.2) is 36.1 Å². The van der Waals surface area contributed by atoms with E-state index < -0.39 is 29.5 Å². The summed E-state index contributed by atoms with van der Waals surface area (Å²) in [5, 5.41) is 0. The van der Waals surface area contributed by atoms with Gasteiger partial charge in [-0.2, -0.15) is 0 Å². The first-order chi connectivity index (χ1) is 11.8. The summed E-state index contributed by atoms with van der Waals surface area (Å²) in [7, 11) is 0. The lowest BCUT2D eigenvalue weighted by Gasteiger charge is -2.28. The van der Waals surface area contributed by atoms with E-state index in [1.807, 2.05) is 13.0 Å². The molecule has 2 bridgehead atoms. The summed E-state index contributed by atoms with van der Waals surface area (Å²) in [6, 6.07) is 5.36. The van der Waals surface area contributed by atoms with E-state index in [4.69, 9.17) is 9.47 Å². The van der Waals surface area contributed by atoms with Crippen molar-refractivity contribution in [2.75, 3.05) is 11.5 Å². The van der Waals surface area contributed by atoms with Gasteiger partial charge < -0.3 is 9.47 Å². The Morgan fingerprint density at radius 2 is 2.12 bits per heavy atom. The van der Waals surface area contributed by atoms with Crippen LogP contribution in [0.5, 0.6) is 0 Å². The molecule has 0 N–H and O–H groups in total. The van der Waals surface area contributed by atoms with Crippen LogP contribution in [-0.2, 0) is 23.9 Å². The molecule has 3 aliphatic rings. The molecular formula is C18H16BrNO5. The number of halogens is 1. The third-order valence-electron chi connectivity index (χ3n) is 5.06. The number of amides is 2. The quantitative estimate of drug-likeness (QED) is 0.437. The molecule has 0 unspecified atom stereocenters. The number of esters is 1. The van der Waals surface area contributed by atoms with Crippen molar-refractivity contribution in [1.29, 1.82) is 0 Å². The Balaban J connectivity index is 1.70. The van der Waals surface area contributed by atoms with Crippen LogP contribution in [0, 0.1) is 18.8 Å². The molecule has 0 aromatic heterocycles. The molecular weight excluding hydrogens is 390 g/mol. The number of carbonyl (C=O) groups excluding carboxylic acids is 3. The average molecular weight is 406 g/mol. The fourth-order valence-corrected chi connectivity index (χ4v) is 4.15. The number of anilines is 1. The van der Waals surface area contributed by atoms with Gasteiger partial charge in [-0.1, -0.05) is 22.0 Å². The molecule has 0 radical (unpaired) electrons. The molecule has 0 spiro atoms. The zero-order valence-corrected chi connectivity index (χ0v) is 15.3. The fourth-order valence-electron chi connectivity index (χ4n) is 3.90. The summed E-state index contributed by atoms with van der Waals surface area (Å²) in [5.74, 6) is -2.27. The van der Waals surface area contributed by atoms with E-state index in [0.717, 1.165) is 10.0 Å². The predicted molar refractivity (Wildman–Crippen MR) is 91.7 cm³/mol. The molecule has 2 saturated heterocycles. The SMILES string of the molecule is CC(=O)OC[C@@]12C=C[C@@H](O1)[C@H]1C(=O)N(c3ccc(Br)c(C)c3)C(=O)[C@H]12. The summed E-state index contributed by atoms with van der Waals surface area (Å²) in [6.45, 7) is 3.14. The highest BCUT2D eigenvalue weighted by Crippen LogP contribution is 2.52. The molecule has 2 amide bonds. The number of fused-ring (bicyclic) bond motifs is 5. The number of ether oxygens (including phenoxy) is 2. The van der Waals surface area contributed by atoms with Crippen LogP contribution >= 0.6 is 15.9 Å². The van der Waals surface area contributed by atoms with Crippen molar-refractivity contribution in [3.05, 3.63) is 40.4 Å². The summed E-state index contributed by atoms with van der Waals surface area (Å²) in [4.78, 5) is 38.4. The molecule has 6 nitrogen and oxygen atoms in total. The van der Waals surface area contributed by atoms with Crippen LogP contribution in [0.4, 0.5) is 5.69 Å². The van der Waals surface area contributed by atoms with Crippen molar-refractivity contribution < 1.29 is 23.9 Å². The van der Waals surface area contributed by atoms with Crippen molar-refractivity contribution in [1.82, 2.24) is 0 Å². The molecule has 0 saturated carbocycles. The highest BCUT2D eigenvalue weighted by atomic mass is 79.9. The van der Waals surface area contributed by atoms with Crippen LogP contribution in [0.1, 0.15) is 12.5 Å². The number of hydrogen-bond donors (Lipinski definition) is 0.